The Hall–Kier alpha value is -4.79. The number of amides is 1. The number of pyridine rings is 1. The number of nitrogens with two attached hydrogens (primary N) is 1. The lowest BCUT2D eigenvalue weighted by Gasteiger charge is -2.26. The SMILES string of the molecule is Nc1nc(-c2ncco2)c(-c2ccc3ncccc3c2)nc1C(=O)N[C@@H]1CCOc2ccccc21. The predicted molar refractivity (Wildman–Crippen MR) is 129 cm³/mol. The van der Waals surface area contributed by atoms with Crippen LogP contribution in [0.15, 0.2) is 77.7 Å². The average molecular weight is 464 g/mol. The molecular formula is C26H20N6O3. The summed E-state index contributed by atoms with van der Waals surface area (Å²) in [6.45, 7) is 0.503. The summed E-state index contributed by atoms with van der Waals surface area (Å²) in [7, 11) is 0. The number of hydrogen-bond acceptors (Lipinski definition) is 8. The third-order valence-electron chi connectivity index (χ3n) is 5.91. The predicted octanol–water partition coefficient (Wildman–Crippen LogP) is 4.18. The van der Waals surface area contributed by atoms with Gasteiger partial charge in [-0.2, -0.15) is 0 Å². The van der Waals surface area contributed by atoms with Crippen LogP contribution in [0.4, 0.5) is 5.82 Å². The zero-order valence-electron chi connectivity index (χ0n) is 18.5. The van der Waals surface area contributed by atoms with Gasteiger partial charge in [0.1, 0.15) is 17.7 Å². The van der Waals surface area contributed by atoms with Crippen LogP contribution in [-0.4, -0.2) is 32.4 Å². The number of benzene rings is 2. The smallest absolute Gasteiger partial charge is 0.274 e. The fourth-order valence-electron chi connectivity index (χ4n) is 4.25. The lowest BCUT2D eigenvalue weighted by Crippen LogP contribution is -2.33. The summed E-state index contributed by atoms with van der Waals surface area (Å²) >= 11 is 0. The lowest BCUT2D eigenvalue weighted by atomic mass is 10.0. The normalized spacial score (nSPS) is 14.8. The summed E-state index contributed by atoms with van der Waals surface area (Å²) in [5, 5.41) is 3.97. The van der Waals surface area contributed by atoms with Gasteiger partial charge < -0.3 is 20.2 Å². The van der Waals surface area contributed by atoms with Gasteiger partial charge in [-0.1, -0.05) is 30.3 Å². The fraction of sp³-hybridized carbons (Fsp3) is 0.115. The molecule has 0 bridgehead atoms. The number of nitrogens with one attached hydrogen (secondary N) is 1. The second-order valence-electron chi connectivity index (χ2n) is 8.10. The molecule has 2 aromatic carbocycles. The molecule has 0 fully saturated rings. The monoisotopic (exact) mass is 464 g/mol. The van der Waals surface area contributed by atoms with Gasteiger partial charge in [-0.15, -0.1) is 0 Å². The maximum Gasteiger partial charge on any atom is 0.274 e. The van der Waals surface area contributed by atoms with Crippen LogP contribution in [0.1, 0.15) is 28.5 Å². The topological polar surface area (TPSA) is 129 Å². The van der Waals surface area contributed by atoms with E-state index in [0.717, 1.165) is 27.8 Å². The molecule has 9 heteroatoms. The molecule has 0 spiro atoms. The Balaban J connectivity index is 1.43. The van der Waals surface area contributed by atoms with E-state index in [1.54, 1.807) is 6.20 Å². The number of aromatic nitrogens is 4. The van der Waals surface area contributed by atoms with Crippen LogP contribution < -0.4 is 15.8 Å². The maximum absolute atomic E-state index is 13.4. The van der Waals surface area contributed by atoms with Crippen molar-refractivity contribution in [1.29, 1.82) is 0 Å². The number of anilines is 1. The third-order valence-corrected chi connectivity index (χ3v) is 5.91. The van der Waals surface area contributed by atoms with Crippen molar-refractivity contribution in [3.05, 3.63) is 84.5 Å². The van der Waals surface area contributed by atoms with Crippen molar-refractivity contribution in [1.82, 2.24) is 25.3 Å². The summed E-state index contributed by atoms with van der Waals surface area (Å²) in [4.78, 5) is 31.1. The van der Waals surface area contributed by atoms with Gasteiger partial charge in [0, 0.05) is 29.1 Å². The Morgan fingerprint density at radius 3 is 2.80 bits per heavy atom. The van der Waals surface area contributed by atoms with Crippen LogP contribution in [0, 0.1) is 0 Å². The maximum atomic E-state index is 13.4. The van der Waals surface area contributed by atoms with E-state index in [2.05, 4.69) is 25.3 Å². The van der Waals surface area contributed by atoms with Gasteiger partial charge in [-0.25, -0.2) is 15.0 Å². The summed E-state index contributed by atoms with van der Waals surface area (Å²) in [5.74, 6) is 0.588. The van der Waals surface area contributed by atoms with E-state index in [0.29, 0.717) is 24.4 Å². The van der Waals surface area contributed by atoms with Crippen LogP contribution in [0.2, 0.25) is 0 Å². The number of nitrogens with zero attached hydrogens (tertiary/aromatic N) is 4. The first kappa shape index (κ1) is 20.8. The van der Waals surface area contributed by atoms with Gasteiger partial charge in [0.25, 0.3) is 5.91 Å². The number of oxazole rings is 1. The number of carbonyl (C=O) groups excluding carboxylic acids is 1. The largest absolute Gasteiger partial charge is 0.493 e. The highest BCUT2D eigenvalue weighted by Gasteiger charge is 2.27. The Morgan fingerprint density at radius 1 is 1.00 bits per heavy atom. The van der Waals surface area contributed by atoms with Crippen molar-refractivity contribution in [2.24, 2.45) is 0 Å². The van der Waals surface area contributed by atoms with Crippen LogP contribution in [0.3, 0.4) is 0 Å². The van der Waals surface area contributed by atoms with Crippen molar-refractivity contribution in [2.45, 2.75) is 12.5 Å². The molecule has 1 aliphatic heterocycles. The Kier molecular flexibility index (Phi) is 5.07. The first-order chi connectivity index (χ1) is 17.2. The van der Waals surface area contributed by atoms with Gasteiger partial charge in [0.15, 0.2) is 17.2 Å². The molecular weight excluding hydrogens is 444 g/mol. The Morgan fingerprint density at radius 2 is 1.91 bits per heavy atom. The van der Waals surface area contributed by atoms with Gasteiger partial charge in [-0.3, -0.25) is 9.78 Å². The van der Waals surface area contributed by atoms with Crippen LogP contribution >= 0.6 is 0 Å². The summed E-state index contributed by atoms with van der Waals surface area (Å²) in [6.07, 6.45) is 5.34. The minimum Gasteiger partial charge on any atom is -0.493 e. The van der Waals surface area contributed by atoms with E-state index >= 15 is 0 Å². The quantitative estimate of drug-likeness (QED) is 0.405. The summed E-state index contributed by atoms with van der Waals surface area (Å²) in [5.41, 5.74) is 9.53. The van der Waals surface area contributed by atoms with E-state index in [9.17, 15) is 4.79 Å². The minimum atomic E-state index is -0.417. The van der Waals surface area contributed by atoms with Crippen molar-refractivity contribution in [3.63, 3.8) is 0 Å². The standard InChI is InChI=1S/C26H20N6O3/c27-24-23(25(33)30-19-9-12-34-20-6-2-1-5-17(19)20)31-21(22(32-24)26-29-11-13-35-26)16-7-8-18-15(14-16)4-3-10-28-18/h1-8,10-11,13-14,19H,9,12H2,(H2,27,32)(H,30,33)/t19-/m1/s1. The molecule has 0 saturated carbocycles. The lowest BCUT2D eigenvalue weighted by molar-refractivity contribution is 0.0920. The fourth-order valence-corrected chi connectivity index (χ4v) is 4.25. The number of carbonyl (C=O) groups is 1. The highest BCUT2D eigenvalue weighted by atomic mass is 16.5. The first-order valence-electron chi connectivity index (χ1n) is 11.1. The molecule has 0 aliphatic carbocycles. The molecule has 0 radical (unpaired) electrons. The first-order valence-corrected chi connectivity index (χ1v) is 11.1. The molecule has 1 aliphatic rings. The second kappa shape index (κ2) is 8.53. The number of fused-ring (bicyclic) bond motifs is 2. The molecule has 6 rings (SSSR count). The molecule has 3 aromatic heterocycles. The van der Waals surface area contributed by atoms with Crippen molar-refractivity contribution < 1.29 is 13.9 Å². The average Bonchev–Trinajstić information content (AvgIpc) is 3.43. The van der Waals surface area contributed by atoms with E-state index in [1.807, 2.05) is 54.6 Å². The Bertz CT molecular complexity index is 1550. The molecule has 9 nitrogen and oxygen atoms in total. The van der Waals surface area contributed by atoms with E-state index < -0.39 is 5.91 Å². The van der Waals surface area contributed by atoms with E-state index in [4.69, 9.17) is 14.9 Å². The number of para-hydroxylation sites is 1. The molecule has 5 aromatic rings. The van der Waals surface area contributed by atoms with Crippen molar-refractivity contribution in [2.75, 3.05) is 12.3 Å². The zero-order chi connectivity index (χ0) is 23.8. The van der Waals surface area contributed by atoms with Crippen LogP contribution in [0.25, 0.3) is 33.7 Å². The van der Waals surface area contributed by atoms with Gasteiger partial charge in [0.05, 0.1) is 24.4 Å². The molecule has 1 amide bonds. The zero-order valence-corrected chi connectivity index (χ0v) is 18.5. The number of ether oxygens (including phenoxy) is 1. The van der Waals surface area contributed by atoms with Crippen LogP contribution in [0.5, 0.6) is 5.75 Å². The minimum absolute atomic E-state index is 0.0118. The van der Waals surface area contributed by atoms with Gasteiger partial charge in [-0.05, 0) is 24.3 Å². The summed E-state index contributed by atoms with van der Waals surface area (Å²) in [6, 6.07) is 16.9. The van der Waals surface area contributed by atoms with Crippen molar-refractivity contribution >= 4 is 22.6 Å². The van der Waals surface area contributed by atoms with Gasteiger partial charge >= 0.3 is 0 Å². The highest BCUT2D eigenvalue weighted by Crippen LogP contribution is 2.34. The van der Waals surface area contributed by atoms with Gasteiger partial charge in [0.2, 0.25) is 5.89 Å². The number of rotatable bonds is 4. The number of nitrogen functional groups attached to an aromatic ring is 1. The molecule has 0 saturated heterocycles. The third kappa shape index (κ3) is 3.82. The molecule has 35 heavy (non-hydrogen) atoms. The second-order valence-corrected chi connectivity index (χ2v) is 8.10. The molecule has 172 valence electrons. The highest BCUT2D eigenvalue weighted by molar-refractivity contribution is 5.98. The van der Waals surface area contributed by atoms with E-state index in [-0.39, 0.29) is 23.4 Å². The summed E-state index contributed by atoms with van der Waals surface area (Å²) < 4.78 is 11.2. The Labute approximate surface area is 200 Å². The van der Waals surface area contributed by atoms with Crippen molar-refractivity contribution in [3.8, 4) is 28.6 Å². The molecule has 3 N–H and O–H groups in total. The molecule has 0 unspecified atom stereocenters. The number of hydrogen-bond donors (Lipinski definition) is 2. The molecule has 1 atom stereocenters. The van der Waals surface area contributed by atoms with E-state index in [1.165, 1.54) is 12.5 Å². The molecule has 4 heterocycles. The van der Waals surface area contributed by atoms with Crippen LogP contribution in [-0.2, 0) is 0 Å².